The fourth-order valence-corrected chi connectivity index (χ4v) is 2.69. The topological polar surface area (TPSA) is 82.7 Å². The second-order valence-corrected chi connectivity index (χ2v) is 5.66. The van der Waals surface area contributed by atoms with E-state index in [9.17, 15) is 14.3 Å². The second kappa shape index (κ2) is 6.96. The molecule has 0 unspecified atom stereocenters. The van der Waals surface area contributed by atoms with Gasteiger partial charge in [0.05, 0.1) is 6.54 Å². The Morgan fingerprint density at radius 2 is 2.08 bits per heavy atom. The lowest BCUT2D eigenvalue weighted by molar-refractivity contribution is 0.0617. The van der Waals surface area contributed by atoms with E-state index in [1.54, 1.807) is 4.90 Å². The van der Waals surface area contributed by atoms with Crippen LogP contribution in [0.1, 0.15) is 29.0 Å². The van der Waals surface area contributed by atoms with Gasteiger partial charge in [0.25, 0.3) is 5.91 Å². The zero-order valence-electron chi connectivity index (χ0n) is 13.4. The lowest BCUT2D eigenvalue weighted by Crippen LogP contribution is -2.48. The summed E-state index contributed by atoms with van der Waals surface area (Å²) in [6.45, 7) is 4.64. The molecule has 2 aromatic rings. The summed E-state index contributed by atoms with van der Waals surface area (Å²) in [5, 5.41) is 13.7. The quantitative estimate of drug-likeness (QED) is 0.911. The fourth-order valence-electron chi connectivity index (χ4n) is 2.69. The first-order valence-electron chi connectivity index (χ1n) is 7.89. The van der Waals surface area contributed by atoms with Gasteiger partial charge in [-0.3, -0.25) is 9.69 Å². The smallest absolute Gasteiger partial charge is 0.260 e. The number of hydrogen-bond donors (Lipinski definition) is 1. The number of piperazine rings is 1. The van der Waals surface area contributed by atoms with Crippen LogP contribution >= 0.6 is 0 Å². The van der Waals surface area contributed by atoms with Crippen LogP contribution in [0.5, 0.6) is 5.75 Å². The summed E-state index contributed by atoms with van der Waals surface area (Å²) in [6.07, 6.45) is 0.696. The van der Waals surface area contributed by atoms with Crippen LogP contribution in [0.15, 0.2) is 22.7 Å². The summed E-state index contributed by atoms with van der Waals surface area (Å²) in [5.74, 6) is -0.298. The first-order valence-corrected chi connectivity index (χ1v) is 7.89. The van der Waals surface area contributed by atoms with E-state index in [1.165, 1.54) is 18.2 Å². The lowest BCUT2D eigenvalue weighted by atomic mass is 10.1. The van der Waals surface area contributed by atoms with E-state index < -0.39 is 11.7 Å². The molecule has 0 radical (unpaired) electrons. The van der Waals surface area contributed by atoms with Crippen LogP contribution in [0.2, 0.25) is 0 Å². The van der Waals surface area contributed by atoms with Crippen molar-refractivity contribution in [2.24, 2.45) is 0 Å². The number of phenols is 1. The van der Waals surface area contributed by atoms with Crippen LogP contribution in [-0.2, 0) is 13.0 Å². The van der Waals surface area contributed by atoms with E-state index in [0.29, 0.717) is 50.9 Å². The zero-order chi connectivity index (χ0) is 17.1. The maximum atomic E-state index is 13.8. The standard InChI is InChI=1S/C16H19FN4O3/c1-2-14-18-13(19-24-14)10-20-6-8-21(9-7-20)16(23)15-11(17)4-3-5-12(15)22/h3-5,22H,2,6-10H2,1H3. The monoisotopic (exact) mass is 334 g/mol. The van der Waals surface area contributed by atoms with Crippen molar-refractivity contribution in [2.45, 2.75) is 19.9 Å². The van der Waals surface area contributed by atoms with E-state index in [4.69, 9.17) is 4.52 Å². The molecule has 128 valence electrons. The predicted octanol–water partition coefficient (Wildman–Crippen LogP) is 1.43. The Labute approximate surface area is 138 Å². The molecule has 1 aliphatic heterocycles. The third-order valence-electron chi connectivity index (χ3n) is 4.04. The number of rotatable bonds is 4. The molecular formula is C16H19FN4O3. The van der Waals surface area contributed by atoms with Gasteiger partial charge in [-0.2, -0.15) is 4.98 Å². The van der Waals surface area contributed by atoms with Crippen LogP contribution in [-0.4, -0.2) is 57.1 Å². The van der Waals surface area contributed by atoms with Crippen LogP contribution in [0.4, 0.5) is 4.39 Å². The van der Waals surface area contributed by atoms with Gasteiger partial charge >= 0.3 is 0 Å². The lowest BCUT2D eigenvalue weighted by Gasteiger charge is -2.34. The Morgan fingerprint density at radius 1 is 1.33 bits per heavy atom. The third-order valence-corrected chi connectivity index (χ3v) is 4.04. The average molecular weight is 334 g/mol. The van der Waals surface area contributed by atoms with Crippen molar-refractivity contribution in [1.29, 1.82) is 0 Å². The van der Waals surface area contributed by atoms with Gasteiger partial charge in [0, 0.05) is 32.6 Å². The molecule has 0 atom stereocenters. The molecule has 1 aliphatic rings. The summed E-state index contributed by atoms with van der Waals surface area (Å²) in [7, 11) is 0. The number of phenolic OH excluding ortho intramolecular Hbond substituents is 1. The molecule has 1 amide bonds. The van der Waals surface area contributed by atoms with Gasteiger partial charge in [-0.15, -0.1) is 0 Å². The summed E-state index contributed by atoms with van der Waals surface area (Å²) < 4.78 is 18.9. The fraction of sp³-hybridized carbons (Fsp3) is 0.438. The maximum absolute atomic E-state index is 13.8. The van der Waals surface area contributed by atoms with Crippen molar-refractivity contribution in [2.75, 3.05) is 26.2 Å². The van der Waals surface area contributed by atoms with Crippen molar-refractivity contribution in [3.05, 3.63) is 41.3 Å². The highest BCUT2D eigenvalue weighted by Crippen LogP contribution is 2.22. The highest BCUT2D eigenvalue weighted by Gasteiger charge is 2.26. The minimum atomic E-state index is -0.707. The first-order chi connectivity index (χ1) is 11.6. The number of nitrogens with zero attached hydrogens (tertiary/aromatic N) is 4. The molecule has 3 rings (SSSR count). The second-order valence-electron chi connectivity index (χ2n) is 5.66. The normalized spacial score (nSPS) is 15.7. The molecule has 24 heavy (non-hydrogen) atoms. The third kappa shape index (κ3) is 3.38. The number of hydrogen-bond acceptors (Lipinski definition) is 6. The van der Waals surface area contributed by atoms with E-state index in [2.05, 4.69) is 15.0 Å². The number of aromatic nitrogens is 2. The summed E-state index contributed by atoms with van der Waals surface area (Å²) in [4.78, 5) is 20.3. The minimum Gasteiger partial charge on any atom is -0.507 e. The molecule has 0 aliphatic carbocycles. The highest BCUT2D eigenvalue weighted by molar-refractivity contribution is 5.97. The average Bonchev–Trinajstić information content (AvgIpc) is 3.03. The van der Waals surface area contributed by atoms with E-state index >= 15 is 0 Å². The molecule has 1 saturated heterocycles. The number of aryl methyl sites for hydroxylation is 1. The maximum Gasteiger partial charge on any atom is 0.260 e. The molecule has 1 N–H and O–H groups in total. The molecule has 0 saturated carbocycles. The summed E-state index contributed by atoms with van der Waals surface area (Å²) in [6, 6.07) is 3.85. The molecule has 8 heteroatoms. The predicted molar refractivity (Wildman–Crippen MR) is 82.9 cm³/mol. The molecule has 0 bridgehead atoms. The number of carbonyl (C=O) groups is 1. The van der Waals surface area contributed by atoms with Crippen LogP contribution in [0.25, 0.3) is 0 Å². The number of halogens is 1. The SMILES string of the molecule is CCc1nc(CN2CCN(C(=O)c3c(O)cccc3F)CC2)no1. The largest absolute Gasteiger partial charge is 0.507 e. The van der Waals surface area contributed by atoms with E-state index in [-0.39, 0.29) is 11.3 Å². The Bertz CT molecular complexity index is 706. The van der Waals surface area contributed by atoms with Gasteiger partial charge in [0.1, 0.15) is 17.1 Å². The summed E-state index contributed by atoms with van der Waals surface area (Å²) >= 11 is 0. The van der Waals surface area contributed by atoms with Crippen molar-refractivity contribution in [3.63, 3.8) is 0 Å². The number of benzene rings is 1. The van der Waals surface area contributed by atoms with Gasteiger partial charge in [0.2, 0.25) is 5.89 Å². The van der Waals surface area contributed by atoms with Crippen molar-refractivity contribution in [1.82, 2.24) is 19.9 Å². The van der Waals surface area contributed by atoms with Gasteiger partial charge in [-0.1, -0.05) is 18.1 Å². The van der Waals surface area contributed by atoms with Crippen LogP contribution in [0, 0.1) is 5.82 Å². The van der Waals surface area contributed by atoms with E-state index in [1.807, 2.05) is 6.92 Å². The molecule has 1 aromatic carbocycles. The van der Waals surface area contributed by atoms with E-state index in [0.717, 1.165) is 0 Å². The number of amides is 1. The Hall–Kier alpha value is -2.48. The summed E-state index contributed by atoms with van der Waals surface area (Å²) in [5.41, 5.74) is -0.267. The number of carbonyl (C=O) groups excluding carboxylic acids is 1. The Balaban J connectivity index is 1.59. The van der Waals surface area contributed by atoms with Crippen molar-refractivity contribution >= 4 is 5.91 Å². The van der Waals surface area contributed by atoms with Gasteiger partial charge in [-0.05, 0) is 12.1 Å². The van der Waals surface area contributed by atoms with Crippen LogP contribution < -0.4 is 0 Å². The zero-order valence-corrected chi connectivity index (χ0v) is 13.4. The Morgan fingerprint density at radius 3 is 2.71 bits per heavy atom. The Kier molecular flexibility index (Phi) is 4.75. The van der Waals surface area contributed by atoms with Crippen LogP contribution in [0.3, 0.4) is 0 Å². The first kappa shape index (κ1) is 16.4. The van der Waals surface area contributed by atoms with Gasteiger partial charge in [0.15, 0.2) is 5.82 Å². The molecule has 1 aromatic heterocycles. The highest BCUT2D eigenvalue weighted by atomic mass is 19.1. The molecule has 0 spiro atoms. The van der Waals surface area contributed by atoms with Crippen molar-refractivity contribution < 1.29 is 18.8 Å². The minimum absolute atomic E-state index is 0.267. The van der Waals surface area contributed by atoms with Gasteiger partial charge in [-0.25, -0.2) is 4.39 Å². The molecular weight excluding hydrogens is 315 g/mol. The molecule has 7 nitrogen and oxygen atoms in total. The van der Waals surface area contributed by atoms with Gasteiger partial charge < -0.3 is 14.5 Å². The molecule has 1 fully saturated rings. The van der Waals surface area contributed by atoms with Crippen molar-refractivity contribution in [3.8, 4) is 5.75 Å². The number of aromatic hydroxyl groups is 1. The molecule has 2 heterocycles.